The van der Waals surface area contributed by atoms with Gasteiger partial charge in [0, 0.05) is 17.8 Å². The van der Waals surface area contributed by atoms with Gasteiger partial charge in [0.05, 0.1) is 16.7 Å². The summed E-state index contributed by atoms with van der Waals surface area (Å²) in [7, 11) is 0. The lowest BCUT2D eigenvalue weighted by Gasteiger charge is -2.06. The first-order valence-electron chi connectivity index (χ1n) is 7.60. The van der Waals surface area contributed by atoms with Crippen LogP contribution in [-0.4, -0.2) is 16.1 Å². The van der Waals surface area contributed by atoms with Gasteiger partial charge in [0.1, 0.15) is 22.4 Å². The fourth-order valence-electron chi connectivity index (χ4n) is 2.17. The molecular weight excluding hydrogens is 401 g/mol. The minimum absolute atomic E-state index is 0.00957. The van der Waals surface area contributed by atoms with Crippen molar-refractivity contribution in [2.75, 3.05) is 5.43 Å². The summed E-state index contributed by atoms with van der Waals surface area (Å²) in [5.74, 6) is 0.783. The number of nitrogens with one attached hydrogen (secondary N) is 1. The van der Waals surface area contributed by atoms with Crippen molar-refractivity contribution in [1.29, 1.82) is 0 Å². The highest BCUT2D eigenvalue weighted by Crippen LogP contribution is 2.31. The minimum Gasteiger partial charge on any atom is -0.455 e. The first kappa shape index (κ1) is 19.4. The Hall–Kier alpha value is -3.40. The molecule has 0 unspecified atom stereocenters. The van der Waals surface area contributed by atoms with Crippen LogP contribution in [0.1, 0.15) is 11.3 Å². The lowest BCUT2D eigenvalue weighted by Crippen LogP contribution is -2.05. The van der Waals surface area contributed by atoms with E-state index in [0.717, 1.165) is 12.1 Å². The number of furan rings is 1. The molecular formula is C17H10ClF3N4O3. The Labute approximate surface area is 160 Å². The molecule has 0 spiro atoms. The highest BCUT2D eigenvalue weighted by Gasteiger charge is 2.30. The molecule has 1 N–H and O–H groups in total. The summed E-state index contributed by atoms with van der Waals surface area (Å²) in [4.78, 5) is 14.0. The molecule has 0 amide bonds. The van der Waals surface area contributed by atoms with Crippen LogP contribution in [0.5, 0.6) is 0 Å². The molecule has 0 radical (unpaired) electrons. The van der Waals surface area contributed by atoms with E-state index >= 15 is 0 Å². The molecule has 3 rings (SSSR count). The summed E-state index contributed by atoms with van der Waals surface area (Å²) >= 11 is 5.78. The zero-order chi connectivity index (χ0) is 20.3. The van der Waals surface area contributed by atoms with Crippen molar-refractivity contribution in [2.45, 2.75) is 6.18 Å². The summed E-state index contributed by atoms with van der Waals surface area (Å²) in [5, 5.41) is 14.8. The van der Waals surface area contributed by atoms with Gasteiger partial charge in [-0.2, -0.15) is 18.3 Å². The van der Waals surface area contributed by atoms with E-state index < -0.39 is 16.7 Å². The number of benzene rings is 1. The quantitative estimate of drug-likeness (QED) is 0.347. The molecule has 28 heavy (non-hydrogen) atoms. The van der Waals surface area contributed by atoms with Crippen molar-refractivity contribution in [3.05, 3.63) is 75.1 Å². The number of hydrogen-bond donors (Lipinski definition) is 1. The van der Waals surface area contributed by atoms with Crippen molar-refractivity contribution in [3.8, 4) is 11.3 Å². The van der Waals surface area contributed by atoms with Crippen molar-refractivity contribution >= 4 is 29.3 Å². The lowest BCUT2D eigenvalue weighted by molar-refractivity contribution is -0.384. The first-order chi connectivity index (χ1) is 13.2. The van der Waals surface area contributed by atoms with E-state index in [1.807, 2.05) is 0 Å². The molecule has 7 nitrogen and oxygen atoms in total. The van der Waals surface area contributed by atoms with Crippen LogP contribution in [0.4, 0.5) is 24.7 Å². The Morgan fingerprint density at radius 1 is 1.21 bits per heavy atom. The molecule has 2 aromatic heterocycles. The Morgan fingerprint density at radius 3 is 2.64 bits per heavy atom. The number of nitro groups is 1. The van der Waals surface area contributed by atoms with Crippen LogP contribution in [0.15, 0.2) is 58.2 Å². The highest BCUT2D eigenvalue weighted by molar-refractivity contribution is 6.32. The highest BCUT2D eigenvalue weighted by atomic mass is 35.5. The van der Waals surface area contributed by atoms with E-state index in [-0.39, 0.29) is 16.5 Å². The number of pyridine rings is 1. The second-order valence-corrected chi connectivity index (χ2v) is 5.83. The van der Waals surface area contributed by atoms with Crippen molar-refractivity contribution < 1.29 is 22.5 Å². The Morgan fingerprint density at radius 2 is 2.00 bits per heavy atom. The minimum atomic E-state index is -4.46. The molecule has 0 aliphatic carbocycles. The van der Waals surface area contributed by atoms with E-state index in [1.165, 1.54) is 18.3 Å². The summed E-state index contributed by atoms with van der Waals surface area (Å²) in [6, 6.07) is 9.42. The number of hydrogen-bond acceptors (Lipinski definition) is 6. The maximum absolute atomic E-state index is 12.5. The first-order valence-corrected chi connectivity index (χ1v) is 7.98. The van der Waals surface area contributed by atoms with Gasteiger partial charge in [-0.15, -0.1) is 0 Å². The molecule has 0 aliphatic rings. The second kappa shape index (κ2) is 7.69. The number of alkyl halides is 3. The smallest absolute Gasteiger partial charge is 0.417 e. The van der Waals surface area contributed by atoms with Crippen molar-refractivity contribution in [2.24, 2.45) is 5.10 Å². The van der Waals surface area contributed by atoms with E-state index in [1.54, 1.807) is 18.2 Å². The van der Waals surface area contributed by atoms with Crippen LogP contribution in [0.25, 0.3) is 11.3 Å². The van der Waals surface area contributed by atoms with Gasteiger partial charge in [0.15, 0.2) is 0 Å². The monoisotopic (exact) mass is 410 g/mol. The number of hydrazone groups is 1. The molecule has 0 aliphatic heterocycles. The van der Waals surface area contributed by atoms with Gasteiger partial charge in [0.2, 0.25) is 0 Å². The number of anilines is 1. The fraction of sp³-hybridized carbons (Fsp3) is 0.0588. The molecule has 0 atom stereocenters. The van der Waals surface area contributed by atoms with Crippen LogP contribution in [0.2, 0.25) is 5.02 Å². The molecule has 3 aromatic rings. The predicted octanol–water partition coefficient (Wildman–Crippen LogP) is 5.37. The number of halogens is 4. The van der Waals surface area contributed by atoms with Gasteiger partial charge < -0.3 is 4.42 Å². The van der Waals surface area contributed by atoms with E-state index in [0.29, 0.717) is 23.3 Å². The van der Waals surface area contributed by atoms with Gasteiger partial charge in [-0.05, 0) is 36.4 Å². The third-order valence-corrected chi connectivity index (χ3v) is 3.84. The zero-order valence-electron chi connectivity index (χ0n) is 13.8. The van der Waals surface area contributed by atoms with Crippen molar-refractivity contribution in [3.63, 3.8) is 0 Å². The lowest BCUT2D eigenvalue weighted by atomic mass is 10.1. The average Bonchev–Trinajstić information content (AvgIpc) is 3.10. The summed E-state index contributed by atoms with van der Waals surface area (Å²) < 4.78 is 43.0. The van der Waals surface area contributed by atoms with Gasteiger partial charge in [-0.1, -0.05) is 11.6 Å². The zero-order valence-corrected chi connectivity index (χ0v) is 14.5. The molecule has 0 fully saturated rings. The third-order valence-electron chi connectivity index (χ3n) is 3.52. The standard InChI is InChI=1S/C17H10ClF3N4O3/c18-13-4-1-10(7-14(13)25(26)27)15-5-3-12(28-15)9-23-24-16-6-2-11(8-22-16)17(19,20)21/h1-9H,(H,22,24)/b23-9+. The molecule has 1 aromatic carbocycles. The van der Waals surface area contributed by atoms with E-state index in [2.05, 4.69) is 15.5 Å². The summed E-state index contributed by atoms with van der Waals surface area (Å²) in [6.45, 7) is 0. The molecule has 0 bridgehead atoms. The number of nitrogens with zero attached hydrogens (tertiary/aromatic N) is 3. The largest absolute Gasteiger partial charge is 0.455 e. The molecule has 0 saturated carbocycles. The van der Waals surface area contributed by atoms with Gasteiger partial charge in [-0.3, -0.25) is 15.5 Å². The summed E-state index contributed by atoms with van der Waals surface area (Å²) in [6.07, 6.45) is -2.49. The number of nitro benzene ring substituents is 1. The van der Waals surface area contributed by atoms with Crippen LogP contribution in [0.3, 0.4) is 0 Å². The third kappa shape index (κ3) is 4.46. The van der Waals surface area contributed by atoms with Crippen molar-refractivity contribution in [1.82, 2.24) is 4.98 Å². The Kier molecular flexibility index (Phi) is 5.32. The maximum Gasteiger partial charge on any atom is 0.417 e. The second-order valence-electron chi connectivity index (χ2n) is 5.43. The maximum atomic E-state index is 12.5. The fourth-order valence-corrected chi connectivity index (χ4v) is 2.36. The van der Waals surface area contributed by atoms with Crippen LogP contribution < -0.4 is 5.43 Å². The predicted molar refractivity (Wildman–Crippen MR) is 96.3 cm³/mol. The Balaban J connectivity index is 1.69. The molecule has 144 valence electrons. The van der Waals surface area contributed by atoms with Crippen LogP contribution in [-0.2, 0) is 6.18 Å². The van der Waals surface area contributed by atoms with Crippen LogP contribution in [0, 0.1) is 10.1 Å². The topological polar surface area (TPSA) is 93.6 Å². The van der Waals surface area contributed by atoms with Gasteiger partial charge in [0.25, 0.3) is 5.69 Å². The molecule has 2 heterocycles. The Bertz CT molecular complexity index is 1030. The van der Waals surface area contributed by atoms with E-state index in [9.17, 15) is 23.3 Å². The number of rotatable bonds is 5. The molecule has 0 saturated heterocycles. The number of aromatic nitrogens is 1. The van der Waals surface area contributed by atoms with E-state index in [4.69, 9.17) is 16.0 Å². The molecule has 11 heteroatoms. The van der Waals surface area contributed by atoms with Crippen LogP contribution >= 0.6 is 11.6 Å². The van der Waals surface area contributed by atoms with Gasteiger partial charge >= 0.3 is 6.18 Å². The summed E-state index contributed by atoms with van der Waals surface area (Å²) in [5.41, 5.74) is 1.81. The normalized spacial score (nSPS) is 11.7. The SMILES string of the molecule is O=[N+]([O-])c1cc(-c2ccc(/C=N/Nc3ccc(C(F)(F)F)cn3)o2)ccc1Cl. The average molecular weight is 411 g/mol. The van der Waals surface area contributed by atoms with Gasteiger partial charge in [-0.25, -0.2) is 4.98 Å².